The first-order chi connectivity index (χ1) is 11.3. The summed E-state index contributed by atoms with van der Waals surface area (Å²) in [4.78, 5) is 16.5. The largest absolute Gasteiger partial charge is 0.379 e. The maximum absolute atomic E-state index is 12.2. The van der Waals surface area contributed by atoms with Crippen molar-refractivity contribution in [3.8, 4) is 0 Å². The van der Waals surface area contributed by atoms with E-state index in [1.165, 1.54) is 0 Å². The highest BCUT2D eigenvalue weighted by atomic mass is 16.5. The van der Waals surface area contributed by atoms with Crippen molar-refractivity contribution in [3.63, 3.8) is 0 Å². The van der Waals surface area contributed by atoms with Crippen LogP contribution in [0.1, 0.15) is 19.3 Å². The Morgan fingerprint density at radius 3 is 2.52 bits per heavy atom. The first-order valence-corrected chi connectivity index (χ1v) is 8.86. The fourth-order valence-corrected chi connectivity index (χ4v) is 3.33. The summed E-state index contributed by atoms with van der Waals surface area (Å²) in [6.45, 7) is 8.08. The lowest BCUT2D eigenvalue weighted by molar-refractivity contribution is 0.0256. The quantitative estimate of drug-likeness (QED) is 0.787. The van der Waals surface area contributed by atoms with Crippen LogP contribution in [0.25, 0.3) is 0 Å². The van der Waals surface area contributed by atoms with Gasteiger partial charge in [0, 0.05) is 45.4 Å². The van der Waals surface area contributed by atoms with Gasteiger partial charge in [-0.2, -0.15) is 0 Å². The van der Waals surface area contributed by atoms with Gasteiger partial charge in [-0.15, -0.1) is 0 Å². The molecule has 3 heterocycles. The maximum atomic E-state index is 12.2. The Kier molecular flexibility index (Phi) is 6.50. The van der Waals surface area contributed by atoms with Crippen LogP contribution in [-0.4, -0.2) is 93.7 Å². The molecule has 7 heteroatoms. The van der Waals surface area contributed by atoms with Crippen molar-refractivity contribution >= 4 is 6.03 Å². The van der Waals surface area contributed by atoms with Crippen LogP contribution in [0.3, 0.4) is 0 Å². The van der Waals surface area contributed by atoms with Gasteiger partial charge in [0.1, 0.15) is 0 Å². The van der Waals surface area contributed by atoms with E-state index in [1.54, 1.807) is 0 Å². The molecule has 0 aromatic carbocycles. The first-order valence-electron chi connectivity index (χ1n) is 8.86. The van der Waals surface area contributed by atoms with Crippen LogP contribution in [0.15, 0.2) is 0 Å². The zero-order valence-corrected chi connectivity index (χ0v) is 13.9. The summed E-state index contributed by atoms with van der Waals surface area (Å²) in [5, 5.41) is 3.17. The monoisotopic (exact) mass is 327 g/mol. The average Bonchev–Trinajstić information content (AvgIpc) is 3.11. The lowest BCUT2D eigenvalue weighted by Gasteiger charge is -2.34. The van der Waals surface area contributed by atoms with Gasteiger partial charge in [-0.05, 0) is 19.3 Å². The summed E-state index contributed by atoms with van der Waals surface area (Å²) in [5.41, 5.74) is 0. The van der Waals surface area contributed by atoms with Crippen LogP contribution in [0.5, 0.6) is 0 Å². The summed E-state index contributed by atoms with van der Waals surface area (Å²) in [6, 6.07) is 0.363. The van der Waals surface area contributed by atoms with Crippen molar-refractivity contribution in [3.05, 3.63) is 0 Å². The van der Waals surface area contributed by atoms with Crippen molar-refractivity contribution in [1.29, 1.82) is 0 Å². The van der Waals surface area contributed by atoms with Crippen molar-refractivity contribution in [2.24, 2.45) is 0 Å². The summed E-state index contributed by atoms with van der Waals surface area (Å²) in [5.74, 6) is 0. The normalized spacial score (nSPS) is 27.3. The van der Waals surface area contributed by atoms with Gasteiger partial charge in [0.15, 0.2) is 0 Å². The molecule has 0 aliphatic carbocycles. The van der Waals surface area contributed by atoms with Crippen molar-refractivity contribution in [2.75, 3.05) is 65.8 Å². The number of carbonyl (C=O) groups excluding carboxylic acids is 1. The zero-order valence-electron chi connectivity index (χ0n) is 13.9. The van der Waals surface area contributed by atoms with Crippen molar-refractivity contribution in [1.82, 2.24) is 15.1 Å². The fraction of sp³-hybridized carbons (Fsp3) is 0.938. The number of piperidine rings is 1. The number of nitrogens with one attached hydrogen (secondary N) is 1. The molecule has 3 saturated heterocycles. The Bertz CT molecular complexity index is 362. The third kappa shape index (κ3) is 5.31. The molecule has 0 aromatic heterocycles. The standard InChI is InChI=1S/C16H29N3O4/c20-16(19-7-10-21-11-8-19)17-14-1-4-18(5-2-14)6-12-23-15-3-9-22-13-15/h14-15H,1-13H2,(H,17,20). The SMILES string of the molecule is O=C(NC1CCN(CCOC2CCOC2)CC1)N1CCOCC1. The molecule has 2 amide bonds. The van der Waals surface area contributed by atoms with Crippen molar-refractivity contribution < 1.29 is 19.0 Å². The molecule has 0 bridgehead atoms. The number of morpholine rings is 1. The molecule has 1 atom stereocenters. The average molecular weight is 327 g/mol. The summed E-state index contributed by atoms with van der Waals surface area (Å²) < 4.78 is 16.4. The Labute approximate surface area is 138 Å². The van der Waals surface area contributed by atoms with E-state index in [-0.39, 0.29) is 6.03 Å². The topological polar surface area (TPSA) is 63.3 Å². The van der Waals surface area contributed by atoms with Gasteiger partial charge in [0.05, 0.1) is 32.5 Å². The van der Waals surface area contributed by atoms with E-state index >= 15 is 0 Å². The van der Waals surface area contributed by atoms with Crippen LogP contribution in [0, 0.1) is 0 Å². The second kappa shape index (κ2) is 8.82. The lowest BCUT2D eigenvalue weighted by Crippen LogP contribution is -2.52. The molecule has 7 nitrogen and oxygen atoms in total. The number of ether oxygens (including phenoxy) is 3. The molecule has 3 aliphatic heterocycles. The predicted molar refractivity (Wildman–Crippen MR) is 85.6 cm³/mol. The number of hydrogen-bond acceptors (Lipinski definition) is 5. The second-order valence-corrected chi connectivity index (χ2v) is 6.52. The van der Waals surface area contributed by atoms with E-state index in [0.717, 1.165) is 58.7 Å². The zero-order chi connectivity index (χ0) is 15.9. The first kappa shape index (κ1) is 17.0. The van der Waals surface area contributed by atoms with Gasteiger partial charge in [-0.1, -0.05) is 0 Å². The number of urea groups is 1. The van der Waals surface area contributed by atoms with Gasteiger partial charge < -0.3 is 29.3 Å². The summed E-state index contributed by atoms with van der Waals surface area (Å²) >= 11 is 0. The second-order valence-electron chi connectivity index (χ2n) is 6.52. The minimum absolute atomic E-state index is 0.0660. The number of hydrogen-bond donors (Lipinski definition) is 1. The molecule has 0 saturated carbocycles. The molecule has 1 unspecified atom stereocenters. The van der Waals surface area contributed by atoms with E-state index in [1.807, 2.05) is 4.90 Å². The third-order valence-corrected chi connectivity index (χ3v) is 4.86. The Morgan fingerprint density at radius 2 is 1.83 bits per heavy atom. The van der Waals surface area contributed by atoms with Gasteiger partial charge in [-0.25, -0.2) is 4.79 Å². The van der Waals surface area contributed by atoms with Gasteiger partial charge in [-0.3, -0.25) is 0 Å². The lowest BCUT2D eigenvalue weighted by atomic mass is 10.1. The molecule has 3 rings (SSSR count). The Hall–Kier alpha value is -0.890. The van der Waals surface area contributed by atoms with Crippen LogP contribution in [0.4, 0.5) is 4.79 Å². The highest BCUT2D eigenvalue weighted by molar-refractivity contribution is 5.74. The van der Waals surface area contributed by atoms with E-state index in [0.29, 0.717) is 38.4 Å². The van der Waals surface area contributed by atoms with E-state index in [9.17, 15) is 4.79 Å². The van der Waals surface area contributed by atoms with Gasteiger partial charge in [0.25, 0.3) is 0 Å². The number of likely N-dealkylation sites (tertiary alicyclic amines) is 1. The molecule has 0 spiro atoms. The number of carbonyl (C=O) groups is 1. The van der Waals surface area contributed by atoms with Crippen LogP contribution in [-0.2, 0) is 14.2 Å². The van der Waals surface area contributed by atoms with E-state index < -0.39 is 0 Å². The number of rotatable bonds is 5. The molecular formula is C16H29N3O4. The minimum Gasteiger partial charge on any atom is -0.379 e. The van der Waals surface area contributed by atoms with Crippen molar-refractivity contribution in [2.45, 2.75) is 31.4 Å². The molecular weight excluding hydrogens is 298 g/mol. The van der Waals surface area contributed by atoms with E-state index in [4.69, 9.17) is 14.2 Å². The summed E-state index contributed by atoms with van der Waals surface area (Å²) in [6.07, 6.45) is 3.35. The molecule has 0 aromatic rings. The van der Waals surface area contributed by atoms with Gasteiger partial charge >= 0.3 is 6.03 Å². The Morgan fingerprint density at radius 1 is 1.04 bits per heavy atom. The maximum Gasteiger partial charge on any atom is 0.317 e. The smallest absolute Gasteiger partial charge is 0.317 e. The predicted octanol–water partition coefficient (Wildman–Crippen LogP) is 0.298. The highest BCUT2D eigenvalue weighted by Gasteiger charge is 2.24. The van der Waals surface area contributed by atoms with E-state index in [2.05, 4.69) is 10.2 Å². The molecule has 23 heavy (non-hydrogen) atoms. The number of amides is 2. The third-order valence-electron chi connectivity index (χ3n) is 4.86. The van der Waals surface area contributed by atoms with Gasteiger partial charge in [0.2, 0.25) is 0 Å². The highest BCUT2D eigenvalue weighted by Crippen LogP contribution is 2.12. The fourth-order valence-electron chi connectivity index (χ4n) is 3.33. The van der Waals surface area contributed by atoms with Crippen LogP contribution < -0.4 is 5.32 Å². The summed E-state index contributed by atoms with van der Waals surface area (Å²) in [7, 11) is 0. The number of nitrogens with zero attached hydrogens (tertiary/aromatic N) is 2. The molecule has 3 fully saturated rings. The minimum atomic E-state index is 0.0660. The molecule has 3 aliphatic rings. The molecule has 0 radical (unpaired) electrons. The molecule has 132 valence electrons. The molecule has 1 N–H and O–H groups in total. The Balaban J connectivity index is 1.28. The van der Waals surface area contributed by atoms with Crippen LogP contribution >= 0.6 is 0 Å². The van der Waals surface area contributed by atoms with Crippen LogP contribution in [0.2, 0.25) is 0 Å².